The molecule has 7 nitrogen and oxygen atoms in total. The highest BCUT2D eigenvalue weighted by Gasteiger charge is 2.22. The summed E-state index contributed by atoms with van der Waals surface area (Å²) >= 11 is 5.40. The van der Waals surface area contributed by atoms with Crippen molar-refractivity contribution in [1.82, 2.24) is 15.2 Å². The number of piperidine rings is 1. The fourth-order valence-corrected chi connectivity index (χ4v) is 3.27. The number of carboxylic acid groups (broad SMARTS) is 1. The van der Waals surface area contributed by atoms with Crippen molar-refractivity contribution >= 4 is 34.9 Å². The van der Waals surface area contributed by atoms with Gasteiger partial charge in [-0.05, 0) is 54.9 Å². The average molecular weight is 403 g/mol. The third-order valence-corrected chi connectivity index (χ3v) is 4.75. The third-order valence-electron chi connectivity index (χ3n) is 4.53. The number of hydrogen-bond acceptors (Lipinski definition) is 4. The summed E-state index contributed by atoms with van der Waals surface area (Å²) < 4.78 is 13.0. The first-order valence-corrected chi connectivity index (χ1v) is 9.41. The standard InChI is InChI=1S/C19H22FN5O2S/c20-14-5-3-13(4-6-14)12-22-17-16(2-1-9-21-17)24-18(28)23-15-7-10-25(11-8-15)19(26)27/h1-6,9,15H,7-8,10-12H2,(H,21,22)(H,26,27)(H2,23,24,28). The highest BCUT2D eigenvalue weighted by atomic mass is 32.1. The lowest BCUT2D eigenvalue weighted by Gasteiger charge is -2.31. The number of carbonyl (C=O) groups is 1. The lowest BCUT2D eigenvalue weighted by Crippen LogP contribution is -2.47. The van der Waals surface area contributed by atoms with Gasteiger partial charge in [0.25, 0.3) is 0 Å². The minimum atomic E-state index is -0.883. The van der Waals surface area contributed by atoms with Crippen molar-refractivity contribution in [2.75, 3.05) is 23.7 Å². The molecule has 1 aliphatic heterocycles. The molecule has 1 aliphatic rings. The van der Waals surface area contributed by atoms with E-state index >= 15 is 0 Å². The topological polar surface area (TPSA) is 89.5 Å². The number of halogens is 1. The van der Waals surface area contributed by atoms with Gasteiger partial charge in [0.1, 0.15) is 11.6 Å². The predicted molar refractivity (Wildman–Crippen MR) is 110 cm³/mol. The van der Waals surface area contributed by atoms with E-state index in [0.29, 0.717) is 43.4 Å². The summed E-state index contributed by atoms with van der Waals surface area (Å²) in [5.74, 6) is 0.367. The average Bonchev–Trinajstić information content (AvgIpc) is 2.69. The molecular formula is C19H22FN5O2S. The number of benzene rings is 1. The zero-order valence-electron chi connectivity index (χ0n) is 15.2. The van der Waals surface area contributed by atoms with Crippen LogP contribution in [-0.4, -0.2) is 45.3 Å². The maximum atomic E-state index is 13.0. The molecule has 1 fully saturated rings. The number of nitrogens with one attached hydrogen (secondary N) is 3. The van der Waals surface area contributed by atoms with Crippen LogP contribution in [0.5, 0.6) is 0 Å². The molecule has 4 N–H and O–H groups in total. The van der Waals surface area contributed by atoms with Gasteiger partial charge in [0, 0.05) is 31.9 Å². The van der Waals surface area contributed by atoms with Crippen molar-refractivity contribution in [3.05, 3.63) is 54.0 Å². The molecule has 0 saturated carbocycles. The van der Waals surface area contributed by atoms with E-state index in [4.69, 9.17) is 17.3 Å². The Labute approximate surface area is 168 Å². The lowest BCUT2D eigenvalue weighted by molar-refractivity contribution is 0.131. The molecule has 2 heterocycles. The van der Waals surface area contributed by atoms with E-state index in [-0.39, 0.29) is 11.9 Å². The summed E-state index contributed by atoms with van der Waals surface area (Å²) in [7, 11) is 0. The Hall–Kier alpha value is -2.94. The van der Waals surface area contributed by atoms with E-state index in [9.17, 15) is 9.18 Å². The first-order chi connectivity index (χ1) is 13.5. The normalized spacial score (nSPS) is 14.4. The molecule has 0 unspecified atom stereocenters. The smallest absolute Gasteiger partial charge is 0.407 e. The fourth-order valence-electron chi connectivity index (χ4n) is 2.99. The molecule has 9 heteroatoms. The van der Waals surface area contributed by atoms with Crippen LogP contribution in [0.1, 0.15) is 18.4 Å². The quantitative estimate of drug-likeness (QED) is 0.570. The Morgan fingerprint density at radius 2 is 1.96 bits per heavy atom. The molecular weight excluding hydrogens is 381 g/mol. The number of hydrogen-bond donors (Lipinski definition) is 4. The fraction of sp³-hybridized carbons (Fsp3) is 0.316. The summed E-state index contributed by atoms with van der Waals surface area (Å²) in [6.07, 6.45) is 2.20. The monoisotopic (exact) mass is 403 g/mol. The minimum absolute atomic E-state index is 0.128. The Morgan fingerprint density at radius 3 is 2.64 bits per heavy atom. The lowest BCUT2D eigenvalue weighted by atomic mass is 10.1. The maximum absolute atomic E-state index is 13.0. The minimum Gasteiger partial charge on any atom is -0.465 e. The number of thiocarbonyl (C=S) groups is 1. The van der Waals surface area contributed by atoms with Gasteiger partial charge in [-0.15, -0.1) is 0 Å². The van der Waals surface area contributed by atoms with Gasteiger partial charge in [0.15, 0.2) is 5.11 Å². The van der Waals surface area contributed by atoms with Crippen LogP contribution >= 0.6 is 12.2 Å². The molecule has 0 bridgehead atoms. The van der Waals surface area contributed by atoms with E-state index in [0.717, 1.165) is 11.3 Å². The number of amides is 1. The Balaban J connectivity index is 1.53. The number of aromatic nitrogens is 1. The number of pyridine rings is 1. The predicted octanol–water partition coefficient (Wildman–Crippen LogP) is 3.26. The zero-order chi connectivity index (χ0) is 19.9. The molecule has 2 aromatic rings. The molecule has 0 aliphatic carbocycles. The molecule has 28 heavy (non-hydrogen) atoms. The second kappa shape index (κ2) is 9.32. The third kappa shape index (κ3) is 5.53. The van der Waals surface area contributed by atoms with Crippen LogP contribution in [0, 0.1) is 5.82 Å². The van der Waals surface area contributed by atoms with Crippen LogP contribution in [0.2, 0.25) is 0 Å². The van der Waals surface area contributed by atoms with Crippen molar-refractivity contribution in [3.63, 3.8) is 0 Å². The first-order valence-electron chi connectivity index (χ1n) is 9.00. The van der Waals surface area contributed by atoms with Gasteiger partial charge in [0.05, 0.1) is 5.69 Å². The van der Waals surface area contributed by atoms with Gasteiger partial charge in [-0.1, -0.05) is 12.1 Å². The maximum Gasteiger partial charge on any atom is 0.407 e. The van der Waals surface area contributed by atoms with Crippen molar-refractivity contribution in [3.8, 4) is 0 Å². The molecule has 1 amide bonds. The van der Waals surface area contributed by atoms with Gasteiger partial charge < -0.3 is 26.0 Å². The van der Waals surface area contributed by atoms with Gasteiger partial charge in [-0.25, -0.2) is 14.2 Å². The largest absolute Gasteiger partial charge is 0.465 e. The molecule has 148 valence electrons. The molecule has 3 rings (SSSR count). The van der Waals surface area contributed by atoms with Crippen LogP contribution in [0.25, 0.3) is 0 Å². The highest BCUT2D eigenvalue weighted by molar-refractivity contribution is 7.80. The first kappa shape index (κ1) is 19.8. The van der Waals surface area contributed by atoms with Gasteiger partial charge in [-0.3, -0.25) is 0 Å². The molecule has 0 spiro atoms. The SMILES string of the molecule is O=C(O)N1CCC(NC(=S)Nc2cccnc2NCc2ccc(F)cc2)CC1. The Kier molecular flexibility index (Phi) is 6.59. The van der Waals surface area contributed by atoms with Crippen molar-refractivity contribution in [1.29, 1.82) is 0 Å². The van der Waals surface area contributed by atoms with Gasteiger partial charge >= 0.3 is 6.09 Å². The van der Waals surface area contributed by atoms with E-state index in [2.05, 4.69) is 20.9 Å². The van der Waals surface area contributed by atoms with E-state index in [1.54, 1.807) is 24.4 Å². The second-order valence-electron chi connectivity index (χ2n) is 6.52. The molecule has 0 atom stereocenters. The van der Waals surface area contributed by atoms with Gasteiger partial charge in [0.2, 0.25) is 0 Å². The molecule has 1 saturated heterocycles. The van der Waals surface area contributed by atoms with Crippen LogP contribution in [-0.2, 0) is 6.54 Å². The molecule has 0 radical (unpaired) electrons. The summed E-state index contributed by atoms with van der Waals surface area (Å²) in [6.45, 7) is 1.49. The van der Waals surface area contributed by atoms with Crippen LogP contribution in [0.4, 0.5) is 20.7 Å². The number of anilines is 2. The Bertz CT molecular complexity index is 825. The van der Waals surface area contributed by atoms with Crippen molar-refractivity contribution in [2.24, 2.45) is 0 Å². The second-order valence-corrected chi connectivity index (χ2v) is 6.93. The van der Waals surface area contributed by atoms with Crippen LogP contribution in [0.3, 0.4) is 0 Å². The Morgan fingerprint density at radius 1 is 1.25 bits per heavy atom. The number of likely N-dealkylation sites (tertiary alicyclic amines) is 1. The van der Waals surface area contributed by atoms with Crippen LogP contribution in [0.15, 0.2) is 42.6 Å². The summed E-state index contributed by atoms with van der Waals surface area (Å²) in [5, 5.41) is 19.1. The summed E-state index contributed by atoms with van der Waals surface area (Å²) in [4.78, 5) is 16.7. The van der Waals surface area contributed by atoms with Crippen molar-refractivity contribution < 1.29 is 14.3 Å². The number of rotatable bonds is 5. The zero-order valence-corrected chi connectivity index (χ0v) is 16.0. The van der Waals surface area contributed by atoms with E-state index in [1.807, 2.05) is 6.07 Å². The number of nitrogens with zero attached hydrogens (tertiary/aromatic N) is 2. The van der Waals surface area contributed by atoms with E-state index < -0.39 is 6.09 Å². The summed E-state index contributed by atoms with van der Waals surface area (Å²) in [6, 6.07) is 10.1. The van der Waals surface area contributed by atoms with E-state index in [1.165, 1.54) is 17.0 Å². The highest BCUT2D eigenvalue weighted by Crippen LogP contribution is 2.19. The molecule has 1 aromatic heterocycles. The summed E-state index contributed by atoms with van der Waals surface area (Å²) in [5.41, 5.74) is 1.66. The van der Waals surface area contributed by atoms with Crippen molar-refractivity contribution in [2.45, 2.75) is 25.4 Å². The van der Waals surface area contributed by atoms with Crippen LogP contribution < -0.4 is 16.0 Å². The van der Waals surface area contributed by atoms with Gasteiger partial charge in [-0.2, -0.15) is 0 Å². The molecule has 1 aromatic carbocycles.